The largest absolute Gasteiger partial charge is 0.416 e. The van der Waals surface area contributed by atoms with Crippen molar-refractivity contribution in [2.24, 2.45) is 0 Å². The Balaban J connectivity index is 1.66. The van der Waals surface area contributed by atoms with Crippen molar-refractivity contribution in [2.75, 3.05) is 19.7 Å². The van der Waals surface area contributed by atoms with Gasteiger partial charge in [0.15, 0.2) is 0 Å². The van der Waals surface area contributed by atoms with Gasteiger partial charge in [0.1, 0.15) is 5.82 Å². The summed E-state index contributed by atoms with van der Waals surface area (Å²) in [5, 5.41) is 3.77. The minimum absolute atomic E-state index is 0.302. The minimum atomic E-state index is -4.46. The zero-order chi connectivity index (χ0) is 22.9. The van der Waals surface area contributed by atoms with Crippen LogP contribution in [0, 0.1) is 12.7 Å². The van der Waals surface area contributed by atoms with Crippen LogP contribution in [-0.4, -0.2) is 24.7 Å². The number of fused-ring (bicyclic) bond motifs is 1. The van der Waals surface area contributed by atoms with Gasteiger partial charge in [-0.3, -0.25) is 4.98 Å². The molecule has 1 N–H and O–H groups in total. The maximum atomic E-state index is 13.6. The van der Waals surface area contributed by atoms with E-state index in [1.54, 1.807) is 38.2 Å². The quantitative estimate of drug-likeness (QED) is 0.481. The summed E-state index contributed by atoms with van der Waals surface area (Å²) in [7, 11) is 0. The second-order valence-electron chi connectivity index (χ2n) is 8.64. The Kier molecular flexibility index (Phi) is 6.23. The molecule has 0 radical (unpaired) electrons. The first kappa shape index (κ1) is 22.7. The van der Waals surface area contributed by atoms with E-state index in [9.17, 15) is 17.6 Å². The number of ether oxygens (including phenoxy) is 1. The van der Waals surface area contributed by atoms with Crippen LogP contribution >= 0.6 is 0 Å². The first-order valence-electron chi connectivity index (χ1n) is 10.7. The van der Waals surface area contributed by atoms with E-state index in [1.807, 2.05) is 0 Å². The van der Waals surface area contributed by atoms with Crippen LogP contribution < -0.4 is 5.32 Å². The summed E-state index contributed by atoms with van der Waals surface area (Å²) < 4.78 is 60.4. The SMILES string of the molecule is Cc1cnc2c(C(C)OCC3(c4ccc(F)cc4)CCNCC3)cc(C(F)(F)F)cc2c1. The van der Waals surface area contributed by atoms with Gasteiger partial charge in [0.05, 0.1) is 23.8 Å². The molecule has 3 nitrogen and oxygen atoms in total. The average Bonchev–Trinajstić information content (AvgIpc) is 2.77. The van der Waals surface area contributed by atoms with Gasteiger partial charge in [0, 0.05) is 22.6 Å². The van der Waals surface area contributed by atoms with E-state index in [0.29, 0.717) is 23.1 Å². The van der Waals surface area contributed by atoms with Gasteiger partial charge in [-0.05, 0) is 81.2 Å². The molecular formula is C25H26F4N2O. The molecule has 7 heteroatoms. The summed E-state index contributed by atoms with van der Waals surface area (Å²) >= 11 is 0. The van der Waals surface area contributed by atoms with E-state index in [4.69, 9.17) is 4.74 Å². The van der Waals surface area contributed by atoms with Gasteiger partial charge in [-0.25, -0.2) is 4.39 Å². The zero-order valence-corrected chi connectivity index (χ0v) is 18.1. The second-order valence-corrected chi connectivity index (χ2v) is 8.64. The molecule has 2 aromatic carbocycles. The molecule has 2 heterocycles. The zero-order valence-electron chi connectivity index (χ0n) is 18.1. The molecule has 0 aliphatic carbocycles. The Morgan fingerprint density at radius 3 is 2.44 bits per heavy atom. The number of nitrogens with zero attached hydrogens (tertiary/aromatic N) is 1. The van der Waals surface area contributed by atoms with Crippen molar-refractivity contribution in [3.05, 3.63) is 76.7 Å². The Morgan fingerprint density at radius 2 is 1.78 bits per heavy atom. The normalized spacial score (nSPS) is 17.4. The molecule has 1 atom stereocenters. The van der Waals surface area contributed by atoms with E-state index < -0.39 is 17.8 Å². The summed E-state index contributed by atoms with van der Waals surface area (Å²) in [4.78, 5) is 4.41. The van der Waals surface area contributed by atoms with E-state index in [-0.39, 0.29) is 11.2 Å². The average molecular weight is 446 g/mol. The Morgan fingerprint density at radius 1 is 1.09 bits per heavy atom. The number of alkyl halides is 3. The standard InChI is InChI=1S/C25H26F4N2O/c1-16-11-18-12-20(25(27,28)29)13-22(23(18)31-14-16)17(2)32-15-24(7-9-30-10-8-24)19-3-5-21(26)6-4-19/h3-6,11-14,17,30H,7-10,15H2,1-2H3. The van der Waals surface area contributed by atoms with E-state index >= 15 is 0 Å². The van der Waals surface area contributed by atoms with Crippen LogP contribution in [0.4, 0.5) is 17.6 Å². The fourth-order valence-corrected chi connectivity index (χ4v) is 4.46. The molecule has 0 bridgehead atoms. The van der Waals surface area contributed by atoms with Gasteiger partial charge in [-0.15, -0.1) is 0 Å². The number of hydrogen-bond donors (Lipinski definition) is 1. The van der Waals surface area contributed by atoms with Gasteiger partial charge >= 0.3 is 6.18 Å². The smallest absolute Gasteiger partial charge is 0.373 e. The lowest BCUT2D eigenvalue weighted by Gasteiger charge is -2.39. The van der Waals surface area contributed by atoms with Crippen molar-refractivity contribution in [2.45, 2.75) is 44.4 Å². The van der Waals surface area contributed by atoms with Gasteiger partial charge in [-0.1, -0.05) is 12.1 Å². The number of aryl methyl sites for hydroxylation is 1. The molecule has 1 aromatic heterocycles. The van der Waals surface area contributed by atoms with Crippen LogP contribution in [-0.2, 0) is 16.3 Å². The number of nitrogens with one attached hydrogen (secondary N) is 1. The van der Waals surface area contributed by atoms with Gasteiger partial charge in [-0.2, -0.15) is 13.2 Å². The molecule has 170 valence electrons. The third kappa shape index (κ3) is 4.64. The molecule has 4 rings (SSSR count). The van der Waals surface area contributed by atoms with E-state index in [1.165, 1.54) is 12.1 Å². The summed E-state index contributed by atoms with van der Waals surface area (Å²) in [6.07, 6.45) is -1.81. The maximum absolute atomic E-state index is 13.6. The lowest BCUT2D eigenvalue weighted by molar-refractivity contribution is -0.137. The Hall–Kier alpha value is -2.51. The molecule has 1 aliphatic rings. The first-order chi connectivity index (χ1) is 15.2. The highest BCUT2D eigenvalue weighted by Gasteiger charge is 2.36. The van der Waals surface area contributed by atoms with Crippen molar-refractivity contribution in [3.8, 4) is 0 Å². The topological polar surface area (TPSA) is 34.1 Å². The monoisotopic (exact) mass is 446 g/mol. The first-order valence-corrected chi connectivity index (χ1v) is 10.7. The minimum Gasteiger partial charge on any atom is -0.373 e. The molecule has 1 saturated heterocycles. The Bertz CT molecular complexity index is 1090. The molecular weight excluding hydrogens is 420 g/mol. The van der Waals surface area contributed by atoms with Crippen molar-refractivity contribution in [1.82, 2.24) is 10.3 Å². The highest BCUT2D eigenvalue weighted by Crippen LogP contribution is 2.38. The number of hydrogen-bond acceptors (Lipinski definition) is 3. The fraction of sp³-hybridized carbons (Fsp3) is 0.400. The number of halogens is 4. The van der Waals surface area contributed by atoms with Crippen LogP contribution in [0.5, 0.6) is 0 Å². The second kappa shape index (κ2) is 8.79. The number of aromatic nitrogens is 1. The lowest BCUT2D eigenvalue weighted by atomic mass is 9.74. The summed E-state index contributed by atoms with van der Waals surface area (Å²) in [6.45, 7) is 5.47. The number of rotatable bonds is 5. The predicted molar refractivity (Wildman–Crippen MR) is 116 cm³/mol. The van der Waals surface area contributed by atoms with Gasteiger partial charge < -0.3 is 10.1 Å². The maximum Gasteiger partial charge on any atom is 0.416 e. The molecule has 0 amide bonds. The van der Waals surface area contributed by atoms with E-state index in [2.05, 4.69) is 10.3 Å². The third-order valence-electron chi connectivity index (χ3n) is 6.34. The van der Waals surface area contributed by atoms with Crippen molar-refractivity contribution in [3.63, 3.8) is 0 Å². The highest BCUT2D eigenvalue weighted by molar-refractivity contribution is 5.83. The summed E-state index contributed by atoms with van der Waals surface area (Å²) in [5.74, 6) is -0.302. The van der Waals surface area contributed by atoms with Crippen LogP contribution in [0.2, 0.25) is 0 Å². The molecule has 1 unspecified atom stereocenters. The van der Waals surface area contributed by atoms with Gasteiger partial charge in [0.25, 0.3) is 0 Å². The van der Waals surface area contributed by atoms with Crippen LogP contribution in [0.15, 0.2) is 48.7 Å². The third-order valence-corrected chi connectivity index (χ3v) is 6.34. The molecule has 32 heavy (non-hydrogen) atoms. The summed E-state index contributed by atoms with van der Waals surface area (Å²) in [6, 6.07) is 10.4. The summed E-state index contributed by atoms with van der Waals surface area (Å²) in [5.41, 5.74) is 1.67. The highest BCUT2D eigenvalue weighted by atomic mass is 19.4. The van der Waals surface area contributed by atoms with E-state index in [0.717, 1.165) is 49.2 Å². The predicted octanol–water partition coefficient (Wildman–Crippen LogP) is 6.10. The number of pyridine rings is 1. The molecule has 0 spiro atoms. The lowest BCUT2D eigenvalue weighted by Crippen LogP contribution is -2.43. The molecule has 1 aliphatic heterocycles. The van der Waals surface area contributed by atoms with Gasteiger partial charge in [0.2, 0.25) is 0 Å². The van der Waals surface area contributed by atoms with Crippen LogP contribution in [0.3, 0.4) is 0 Å². The van der Waals surface area contributed by atoms with Crippen molar-refractivity contribution >= 4 is 10.9 Å². The molecule has 3 aromatic rings. The number of benzene rings is 2. The fourth-order valence-electron chi connectivity index (χ4n) is 4.46. The van der Waals surface area contributed by atoms with Crippen LogP contribution in [0.25, 0.3) is 10.9 Å². The van der Waals surface area contributed by atoms with Crippen molar-refractivity contribution < 1.29 is 22.3 Å². The Labute approximate surface area is 184 Å². The molecule has 1 fully saturated rings. The number of piperidine rings is 1. The molecule has 0 saturated carbocycles. The van der Waals surface area contributed by atoms with Crippen LogP contribution in [0.1, 0.15) is 48.1 Å². The van der Waals surface area contributed by atoms with Crippen molar-refractivity contribution in [1.29, 1.82) is 0 Å².